The lowest BCUT2D eigenvalue weighted by Crippen LogP contribution is -2.42. The Bertz CT molecular complexity index is 932. The summed E-state index contributed by atoms with van der Waals surface area (Å²) in [5.74, 6) is 0.929. The van der Waals surface area contributed by atoms with E-state index in [0.717, 1.165) is 36.6 Å². The van der Waals surface area contributed by atoms with Gasteiger partial charge in [-0.3, -0.25) is 9.36 Å². The fraction of sp³-hybridized carbons (Fsp3) is 0.650. The maximum absolute atomic E-state index is 13.2. The quantitative estimate of drug-likeness (QED) is 0.743. The number of pyridine rings is 1. The van der Waals surface area contributed by atoms with Crippen molar-refractivity contribution in [1.29, 1.82) is 0 Å². The standard InChI is InChI=1S/C20H27BrN4O3/c1-3-12-5-4-6-15(12)25-18-13(11(2)17(21)19(25)27)9-22-20(24-18)23-14-7-8-28-10-16(14)26/h9,12,14-16,26H,3-8,10H2,1-2H3,(H,22,23,24)/t12-,14?,15+,16+/m0/s1. The molecule has 4 rings (SSSR count). The highest BCUT2D eigenvalue weighted by atomic mass is 79.9. The van der Waals surface area contributed by atoms with Gasteiger partial charge in [0.15, 0.2) is 0 Å². The van der Waals surface area contributed by atoms with Gasteiger partial charge in [0, 0.05) is 24.2 Å². The summed E-state index contributed by atoms with van der Waals surface area (Å²) >= 11 is 3.49. The van der Waals surface area contributed by atoms with E-state index in [1.54, 1.807) is 6.20 Å². The molecule has 1 saturated heterocycles. The number of aromatic nitrogens is 3. The summed E-state index contributed by atoms with van der Waals surface area (Å²) in [6, 6.07) is 0.00566. The lowest BCUT2D eigenvalue weighted by Gasteiger charge is -2.28. The van der Waals surface area contributed by atoms with Gasteiger partial charge in [0.05, 0.1) is 23.2 Å². The monoisotopic (exact) mass is 450 g/mol. The Labute approximate surface area is 172 Å². The number of anilines is 1. The van der Waals surface area contributed by atoms with Gasteiger partial charge in [0.25, 0.3) is 5.56 Å². The summed E-state index contributed by atoms with van der Waals surface area (Å²) in [7, 11) is 0. The van der Waals surface area contributed by atoms with Crippen LogP contribution in [0.2, 0.25) is 0 Å². The molecule has 2 aromatic rings. The molecule has 1 saturated carbocycles. The molecular formula is C20H27BrN4O3. The lowest BCUT2D eigenvalue weighted by molar-refractivity contribution is -0.0136. The van der Waals surface area contributed by atoms with Gasteiger partial charge in [-0.15, -0.1) is 0 Å². The molecule has 28 heavy (non-hydrogen) atoms. The molecule has 1 unspecified atom stereocenters. The zero-order chi connectivity index (χ0) is 19.8. The molecule has 2 aliphatic rings. The van der Waals surface area contributed by atoms with Crippen LogP contribution in [0.25, 0.3) is 11.0 Å². The minimum absolute atomic E-state index is 0.0221. The molecule has 0 spiro atoms. The van der Waals surface area contributed by atoms with Crippen LogP contribution in [0, 0.1) is 12.8 Å². The predicted molar refractivity (Wildman–Crippen MR) is 112 cm³/mol. The second kappa shape index (κ2) is 8.08. The van der Waals surface area contributed by atoms with Gasteiger partial charge in [0.2, 0.25) is 5.95 Å². The third-order valence-electron chi connectivity index (χ3n) is 6.25. The molecule has 2 N–H and O–H groups in total. The minimum atomic E-state index is -0.596. The van der Waals surface area contributed by atoms with E-state index in [2.05, 4.69) is 33.2 Å². The van der Waals surface area contributed by atoms with Crippen molar-refractivity contribution < 1.29 is 9.84 Å². The Morgan fingerprint density at radius 3 is 2.96 bits per heavy atom. The summed E-state index contributed by atoms with van der Waals surface area (Å²) in [4.78, 5) is 22.4. The number of rotatable bonds is 4. The third kappa shape index (κ3) is 3.46. The molecule has 0 radical (unpaired) electrons. The highest BCUT2D eigenvalue weighted by molar-refractivity contribution is 9.10. The van der Waals surface area contributed by atoms with Crippen molar-refractivity contribution in [3.8, 4) is 0 Å². The number of ether oxygens (including phenoxy) is 1. The highest BCUT2D eigenvalue weighted by Gasteiger charge is 2.31. The maximum atomic E-state index is 13.2. The molecule has 2 fully saturated rings. The van der Waals surface area contributed by atoms with Crippen molar-refractivity contribution in [2.75, 3.05) is 18.5 Å². The molecule has 3 heterocycles. The molecule has 0 bridgehead atoms. The lowest BCUT2D eigenvalue weighted by atomic mass is 10.00. The number of hydrogen-bond acceptors (Lipinski definition) is 6. The number of hydrogen-bond donors (Lipinski definition) is 2. The Hall–Kier alpha value is -1.51. The van der Waals surface area contributed by atoms with Crippen molar-refractivity contribution >= 4 is 32.9 Å². The molecule has 1 aliphatic carbocycles. The van der Waals surface area contributed by atoms with Crippen LogP contribution in [0.5, 0.6) is 0 Å². The number of fused-ring (bicyclic) bond motifs is 1. The number of aliphatic hydroxyl groups excluding tert-OH is 1. The van der Waals surface area contributed by atoms with E-state index >= 15 is 0 Å². The van der Waals surface area contributed by atoms with Crippen molar-refractivity contribution in [3.05, 3.63) is 26.6 Å². The third-order valence-corrected chi connectivity index (χ3v) is 7.19. The summed E-state index contributed by atoms with van der Waals surface area (Å²) in [5.41, 5.74) is 1.51. The predicted octanol–water partition coefficient (Wildman–Crippen LogP) is 3.18. The molecule has 1 aliphatic heterocycles. The van der Waals surface area contributed by atoms with Gasteiger partial charge in [0.1, 0.15) is 5.65 Å². The first-order valence-corrected chi connectivity index (χ1v) is 10.9. The number of nitrogens with zero attached hydrogens (tertiary/aromatic N) is 3. The van der Waals surface area contributed by atoms with Crippen molar-refractivity contribution in [3.63, 3.8) is 0 Å². The topological polar surface area (TPSA) is 89.3 Å². The van der Waals surface area contributed by atoms with Crippen LogP contribution in [0.15, 0.2) is 15.5 Å². The zero-order valence-corrected chi connectivity index (χ0v) is 17.9. The number of aryl methyl sites for hydroxylation is 1. The first kappa shape index (κ1) is 19.8. The minimum Gasteiger partial charge on any atom is -0.389 e. The first-order chi connectivity index (χ1) is 13.5. The number of nitrogens with one attached hydrogen (secondary N) is 1. The first-order valence-electron chi connectivity index (χ1n) is 10.1. The van der Waals surface area contributed by atoms with Crippen molar-refractivity contribution in [2.45, 2.75) is 64.1 Å². The fourth-order valence-electron chi connectivity index (χ4n) is 4.57. The summed E-state index contributed by atoms with van der Waals surface area (Å²) in [6.07, 6.45) is 6.19. The zero-order valence-electron chi connectivity index (χ0n) is 16.3. The molecule has 0 aromatic carbocycles. The van der Waals surface area contributed by atoms with E-state index in [1.807, 2.05) is 11.5 Å². The molecular weight excluding hydrogens is 424 g/mol. The Kier molecular flexibility index (Phi) is 5.71. The average Bonchev–Trinajstić information content (AvgIpc) is 3.16. The van der Waals surface area contributed by atoms with Gasteiger partial charge < -0.3 is 15.2 Å². The van der Waals surface area contributed by atoms with Gasteiger partial charge in [-0.1, -0.05) is 19.8 Å². The SMILES string of the molecule is CC[C@H]1CCC[C@H]1n1c(=O)c(Br)c(C)c2cnc(NC3CCOC[C@H]3O)nc21. The van der Waals surface area contributed by atoms with E-state index in [4.69, 9.17) is 9.72 Å². The van der Waals surface area contributed by atoms with Crippen LogP contribution >= 0.6 is 15.9 Å². The molecule has 2 aromatic heterocycles. The molecule has 0 amide bonds. The fourth-order valence-corrected chi connectivity index (χ4v) is 4.97. The Morgan fingerprint density at radius 1 is 1.39 bits per heavy atom. The van der Waals surface area contributed by atoms with Crippen LogP contribution in [-0.2, 0) is 4.74 Å². The summed E-state index contributed by atoms with van der Waals surface area (Å²) in [5, 5.41) is 14.3. The normalized spacial score (nSPS) is 28.0. The Balaban J connectivity index is 1.81. The van der Waals surface area contributed by atoms with Crippen LogP contribution in [0.1, 0.15) is 50.6 Å². The van der Waals surface area contributed by atoms with E-state index in [1.165, 1.54) is 0 Å². The maximum Gasteiger partial charge on any atom is 0.267 e. The van der Waals surface area contributed by atoms with Gasteiger partial charge >= 0.3 is 0 Å². The van der Waals surface area contributed by atoms with E-state index in [-0.39, 0.29) is 17.6 Å². The summed E-state index contributed by atoms with van der Waals surface area (Å²) < 4.78 is 7.76. The smallest absolute Gasteiger partial charge is 0.267 e. The molecule has 4 atom stereocenters. The van der Waals surface area contributed by atoms with Gasteiger partial charge in [-0.2, -0.15) is 4.98 Å². The second-order valence-corrected chi connectivity index (χ2v) is 8.69. The molecule has 152 valence electrons. The largest absolute Gasteiger partial charge is 0.389 e. The van der Waals surface area contributed by atoms with E-state index < -0.39 is 6.10 Å². The van der Waals surface area contributed by atoms with Crippen molar-refractivity contribution in [2.24, 2.45) is 5.92 Å². The van der Waals surface area contributed by atoms with Crippen LogP contribution in [0.4, 0.5) is 5.95 Å². The van der Waals surface area contributed by atoms with Crippen molar-refractivity contribution in [1.82, 2.24) is 14.5 Å². The van der Waals surface area contributed by atoms with E-state index in [0.29, 0.717) is 41.6 Å². The average molecular weight is 451 g/mol. The highest BCUT2D eigenvalue weighted by Crippen LogP contribution is 2.39. The molecule has 7 nitrogen and oxygen atoms in total. The number of halogens is 1. The van der Waals surface area contributed by atoms with Crippen LogP contribution < -0.4 is 10.9 Å². The summed E-state index contributed by atoms with van der Waals surface area (Å²) in [6.45, 7) is 5.01. The Morgan fingerprint density at radius 2 is 2.21 bits per heavy atom. The second-order valence-electron chi connectivity index (χ2n) is 7.89. The van der Waals surface area contributed by atoms with E-state index in [9.17, 15) is 9.90 Å². The number of aliphatic hydroxyl groups is 1. The van der Waals surface area contributed by atoms with Gasteiger partial charge in [-0.25, -0.2) is 4.98 Å². The van der Waals surface area contributed by atoms with Gasteiger partial charge in [-0.05, 0) is 53.6 Å². The molecule has 8 heteroatoms. The van der Waals surface area contributed by atoms with Crippen LogP contribution in [0.3, 0.4) is 0 Å². The van der Waals surface area contributed by atoms with Crippen LogP contribution in [-0.4, -0.2) is 45.0 Å².